The number of carbonyl (C=O) groups excluding carboxylic acids is 1. The van der Waals surface area contributed by atoms with Crippen LogP contribution < -0.4 is 4.74 Å². The molecule has 0 saturated heterocycles. The SMILES string of the molecule is CCOC(=O)c1cc(C#N)c(OC)cc1[N+](=O)[O-]. The number of nitrogens with zero attached hydrogens (tertiary/aromatic N) is 2. The molecule has 18 heavy (non-hydrogen) atoms. The summed E-state index contributed by atoms with van der Waals surface area (Å²) in [4.78, 5) is 21.7. The van der Waals surface area contributed by atoms with E-state index in [0.29, 0.717) is 0 Å². The van der Waals surface area contributed by atoms with Crippen LogP contribution in [0.3, 0.4) is 0 Å². The van der Waals surface area contributed by atoms with E-state index in [9.17, 15) is 14.9 Å². The van der Waals surface area contributed by atoms with Gasteiger partial charge < -0.3 is 9.47 Å². The van der Waals surface area contributed by atoms with Crippen LogP contribution in [-0.4, -0.2) is 24.6 Å². The van der Waals surface area contributed by atoms with Gasteiger partial charge in [-0.05, 0) is 13.0 Å². The molecular weight excluding hydrogens is 240 g/mol. The Labute approximate surface area is 103 Å². The first-order valence-electron chi connectivity index (χ1n) is 4.98. The van der Waals surface area contributed by atoms with E-state index in [0.717, 1.165) is 12.1 Å². The van der Waals surface area contributed by atoms with Crippen LogP contribution in [0.25, 0.3) is 0 Å². The van der Waals surface area contributed by atoms with Gasteiger partial charge in [0, 0.05) is 0 Å². The van der Waals surface area contributed by atoms with Gasteiger partial charge in [-0.3, -0.25) is 10.1 Å². The molecular formula is C11H10N2O5. The molecule has 0 aliphatic rings. The number of hydrogen-bond donors (Lipinski definition) is 0. The lowest BCUT2D eigenvalue weighted by Gasteiger charge is -2.06. The quantitative estimate of drug-likeness (QED) is 0.457. The highest BCUT2D eigenvalue weighted by Gasteiger charge is 2.24. The van der Waals surface area contributed by atoms with Gasteiger partial charge in [0.1, 0.15) is 17.4 Å². The standard InChI is InChI=1S/C11H10N2O5/c1-3-18-11(14)8-4-7(6-12)10(17-2)5-9(8)13(15)16/h4-5H,3H2,1-2H3. The van der Waals surface area contributed by atoms with Gasteiger partial charge in [0.2, 0.25) is 0 Å². The Kier molecular flexibility index (Phi) is 4.21. The number of nitro groups is 1. The van der Waals surface area contributed by atoms with Crippen molar-refractivity contribution in [2.75, 3.05) is 13.7 Å². The Balaban J connectivity index is 3.44. The lowest BCUT2D eigenvalue weighted by atomic mass is 10.1. The third-order valence-corrected chi connectivity index (χ3v) is 2.13. The van der Waals surface area contributed by atoms with Crippen molar-refractivity contribution in [2.45, 2.75) is 6.92 Å². The fourth-order valence-corrected chi connectivity index (χ4v) is 1.35. The molecule has 0 N–H and O–H groups in total. The molecule has 0 radical (unpaired) electrons. The van der Waals surface area contributed by atoms with E-state index in [-0.39, 0.29) is 23.5 Å². The molecule has 0 unspecified atom stereocenters. The molecule has 7 nitrogen and oxygen atoms in total. The third-order valence-electron chi connectivity index (χ3n) is 2.13. The second kappa shape index (κ2) is 5.63. The number of nitro benzene ring substituents is 1. The van der Waals surface area contributed by atoms with Crippen LogP contribution in [0, 0.1) is 21.4 Å². The van der Waals surface area contributed by atoms with Gasteiger partial charge in [0.25, 0.3) is 5.69 Å². The summed E-state index contributed by atoms with van der Waals surface area (Å²) in [7, 11) is 1.28. The highest BCUT2D eigenvalue weighted by atomic mass is 16.6. The molecule has 0 aliphatic carbocycles. The fourth-order valence-electron chi connectivity index (χ4n) is 1.35. The zero-order valence-corrected chi connectivity index (χ0v) is 9.80. The van der Waals surface area contributed by atoms with Gasteiger partial charge in [0.15, 0.2) is 0 Å². The van der Waals surface area contributed by atoms with Crippen LogP contribution in [0.5, 0.6) is 5.75 Å². The Bertz CT molecular complexity index is 533. The van der Waals surface area contributed by atoms with Crippen molar-refractivity contribution in [1.29, 1.82) is 5.26 Å². The summed E-state index contributed by atoms with van der Waals surface area (Å²) in [6.45, 7) is 1.67. The molecule has 0 atom stereocenters. The number of benzene rings is 1. The molecule has 1 rings (SSSR count). The largest absolute Gasteiger partial charge is 0.495 e. The van der Waals surface area contributed by atoms with Gasteiger partial charge in [-0.2, -0.15) is 5.26 Å². The Morgan fingerprint density at radius 2 is 2.22 bits per heavy atom. The molecule has 94 valence electrons. The normalized spacial score (nSPS) is 9.39. The second-order valence-corrected chi connectivity index (χ2v) is 3.16. The fraction of sp³-hybridized carbons (Fsp3) is 0.273. The van der Waals surface area contributed by atoms with Gasteiger partial charge in [0.05, 0.1) is 30.3 Å². The highest BCUT2D eigenvalue weighted by Crippen LogP contribution is 2.29. The number of methoxy groups -OCH3 is 1. The monoisotopic (exact) mass is 250 g/mol. The van der Waals surface area contributed by atoms with E-state index in [1.54, 1.807) is 13.0 Å². The van der Waals surface area contributed by atoms with Gasteiger partial charge in [-0.25, -0.2) is 4.79 Å². The molecule has 0 heterocycles. The van der Waals surface area contributed by atoms with E-state index < -0.39 is 16.6 Å². The Morgan fingerprint density at radius 1 is 1.56 bits per heavy atom. The summed E-state index contributed by atoms with van der Waals surface area (Å²) in [5.41, 5.74) is -0.686. The van der Waals surface area contributed by atoms with E-state index in [2.05, 4.69) is 0 Å². The molecule has 0 fully saturated rings. The summed E-state index contributed by atoms with van der Waals surface area (Å²) in [6, 6.07) is 3.92. The van der Waals surface area contributed by atoms with Crippen molar-refractivity contribution in [3.8, 4) is 11.8 Å². The smallest absolute Gasteiger partial charge is 0.345 e. The maximum absolute atomic E-state index is 11.6. The number of carbonyl (C=O) groups is 1. The van der Waals surface area contributed by atoms with Gasteiger partial charge >= 0.3 is 5.97 Å². The van der Waals surface area contributed by atoms with Crippen molar-refractivity contribution in [3.63, 3.8) is 0 Å². The van der Waals surface area contributed by atoms with Crippen molar-refractivity contribution in [1.82, 2.24) is 0 Å². The number of rotatable bonds is 4. The summed E-state index contributed by atoms with van der Waals surface area (Å²) in [5.74, 6) is -0.805. The predicted octanol–water partition coefficient (Wildman–Crippen LogP) is 1.65. The van der Waals surface area contributed by atoms with Crippen molar-refractivity contribution in [3.05, 3.63) is 33.4 Å². The van der Waals surface area contributed by atoms with Crippen LogP contribution in [0.1, 0.15) is 22.8 Å². The minimum atomic E-state index is -0.844. The lowest BCUT2D eigenvalue weighted by molar-refractivity contribution is -0.385. The molecule has 0 saturated carbocycles. The first kappa shape index (κ1) is 13.4. The molecule has 0 aliphatic heterocycles. The van der Waals surface area contributed by atoms with E-state index >= 15 is 0 Å². The van der Waals surface area contributed by atoms with Crippen LogP contribution in [0.4, 0.5) is 5.69 Å². The maximum atomic E-state index is 11.6. The first-order chi connectivity index (χ1) is 8.54. The zero-order chi connectivity index (χ0) is 13.7. The van der Waals surface area contributed by atoms with Crippen LogP contribution in [-0.2, 0) is 4.74 Å². The first-order valence-corrected chi connectivity index (χ1v) is 4.98. The zero-order valence-electron chi connectivity index (χ0n) is 9.80. The lowest BCUT2D eigenvalue weighted by Crippen LogP contribution is -2.09. The molecule has 7 heteroatoms. The minimum Gasteiger partial charge on any atom is -0.495 e. The van der Waals surface area contributed by atoms with Crippen LogP contribution in [0.15, 0.2) is 12.1 Å². The Hall–Kier alpha value is -2.62. The molecule has 1 aromatic carbocycles. The highest BCUT2D eigenvalue weighted by molar-refractivity contribution is 5.94. The maximum Gasteiger partial charge on any atom is 0.345 e. The summed E-state index contributed by atoms with van der Waals surface area (Å²) in [5, 5.41) is 19.7. The third kappa shape index (κ3) is 2.55. The molecule has 0 amide bonds. The minimum absolute atomic E-state index is 0.0335. The van der Waals surface area contributed by atoms with E-state index in [1.165, 1.54) is 7.11 Å². The van der Waals surface area contributed by atoms with Crippen LogP contribution >= 0.6 is 0 Å². The predicted molar refractivity (Wildman–Crippen MR) is 60.3 cm³/mol. The van der Waals surface area contributed by atoms with Crippen molar-refractivity contribution in [2.24, 2.45) is 0 Å². The number of nitriles is 1. The second-order valence-electron chi connectivity index (χ2n) is 3.16. The number of hydrogen-bond acceptors (Lipinski definition) is 6. The number of esters is 1. The van der Waals surface area contributed by atoms with E-state index in [1.807, 2.05) is 0 Å². The van der Waals surface area contributed by atoms with E-state index in [4.69, 9.17) is 14.7 Å². The average Bonchev–Trinajstić information content (AvgIpc) is 2.37. The van der Waals surface area contributed by atoms with Crippen LogP contribution in [0.2, 0.25) is 0 Å². The molecule has 0 bridgehead atoms. The average molecular weight is 250 g/mol. The van der Waals surface area contributed by atoms with Gasteiger partial charge in [-0.15, -0.1) is 0 Å². The van der Waals surface area contributed by atoms with Crippen molar-refractivity contribution >= 4 is 11.7 Å². The van der Waals surface area contributed by atoms with Gasteiger partial charge in [-0.1, -0.05) is 0 Å². The summed E-state index contributed by atoms with van der Waals surface area (Å²) >= 11 is 0. The summed E-state index contributed by atoms with van der Waals surface area (Å²) < 4.78 is 9.54. The molecule has 1 aromatic rings. The molecule has 0 aromatic heterocycles. The topological polar surface area (TPSA) is 102 Å². The Morgan fingerprint density at radius 3 is 2.67 bits per heavy atom. The molecule has 0 spiro atoms. The number of ether oxygens (including phenoxy) is 2. The van der Waals surface area contributed by atoms with Crippen molar-refractivity contribution < 1.29 is 19.2 Å². The summed E-state index contributed by atoms with van der Waals surface area (Å²) in [6.07, 6.45) is 0.